The van der Waals surface area contributed by atoms with Crippen molar-refractivity contribution in [1.82, 2.24) is 0 Å². The topological polar surface area (TPSA) is 0 Å². The third-order valence-corrected chi connectivity index (χ3v) is 3.48. The molecule has 0 saturated carbocycles. The second-order valence-electron chi connectivity index (χ2n) is 4.82. The zero-order chi connectivity index (χ0) is 14.4. The molecule has 0 heteroatoms. The quantitative estimate of drug-likeness (QED) is 0.551. The fourth-order valence-electron chi connectivity index (χ4n) is 2.12. The van der Waals surface area contributed by atoms with Crippen LogP contribution < -0.4 is 0 Å². The molecule has 100 valence electrons. The fraction of sp³-hybridized carbons (Fsp3) is 0.263. The summed E-state index contributed by atoms with van der Waals surface area (Å²) < 4.78 is 0. The molecule has 1 aliphatic carbocycles. The molecular formula is C19H24. The van der Waals surface area contributed by atoms with Gasteiger partial charge in [0.15, 0.2) is 0 Å². The van der Waals surface area contributed by atoms with E-state index in [1.54, 1.807) is 0 Å². The lowest BCUT2D eigenvalue weighted by Crippen LogP contribution is -1.87. The zero-order valence-corrected chi connectivity index (χ0v) is 12.6. The van der Waals surface area contributed by atoms with Gasteiger partial charge in [-0.25, -0.2) is 0 Å². The van der Waals surface area contributed by atoms with Crippen molar-refractivity contribution in [2.75, 3.05) is 0 Å². The Hall–Kier alpha value is -1.82. The van der Waals surface area contributed by atoms with Crippen LogP contribution in [0.3, 0.4) is 0 Å². The van der Waals surface area contributed by atoms with Crippen LogP contribution in [0.1, 0.15) is 34.1 Å². The molecular weight excluding hydrogens is 228 g/mol. The Morgan fingerprint density at radius 3 is 2.26 bits per heavy atom. The van der Waals surface area contributed by atoms with Crippen LogP contribution in [-0.4, -0.2) is 0 Å². The lowest BCUT2D eigenvalue weighted by molar-refractivity contribution is 1.24. The molecule has 0 spiro atoms. The van der Waals surface area contributed by atoms with Gasteiger partial charge in [0.2, 0.25) is 0 Å². The van der Waals surface area contributed by atoms with Gasteiger partial charge in [-0.3, -0.25) is 0 Å². The second-order valence-corrected chi connectivity index (χ2v) is 4.82. The highest BCUT2D eigenvalue weighted by atomic mass is 14.2. The maximum absolute atomic E-state index is 3.95. The summed E-state index contributed by atoms with van der Waals surface area (Å²) >= 11 is 0. The smallest absolute Gasteiger partial charge is 0.00169 e. The molecule has 0 radical (unpaired) electrons. The first-order valence-corrected chi connectivity index (χ1v) is 6.74. The maximum atomic E-state index is 3.95. The van der Waals surface area contributed by atoms with Crippen molar-refractivity contribution < 1.29 is 0 Å². The van der Waals surface area contributed by atoms with Crippen molar-refractivity contribution >= 4 is 0 Å². The van der Waals surface area contributed by atoms with Crippen LogP contribution in [0.25, 0.3) is 0 Å². The second kappa shape index (κ2) is 6.94. The van der Waals surface area contributed by atoms with Crippen LogP contribution in [0.5, 0.6) is 0 Å². The zero-order valence-electron chi connectivity index (χ0n) is 12.6. The molecule has 1 aliphatic rings. The Bertz CT molecular complexity index is 528. The fourth-order valence-corrected chi connectivity index (χ4v) is 2.12. The summed E-state index contributed by atoms with van der Waals surface area (Å²) in [4.78, 5) is 0. The SMILES string of the molecule is C=CC1=C(/C=C(/C)C=C)C(=C/C(C)=C\C)/C(=C\C)C1. The molecule has 0 amide bonds. The summed E-state index contributed by atoms with van der Waals surface area (Å²) in [7, 11) is 0. The van der Waals surface area contributed by atoms with Crippen LogP contribution in [0.2, 0.25) is 0 Å². The van der Waals surface area contributed by atoms with Gasteiger partial charge in [0, 0.05) is 0 Å². The Morgan fingerprint density at radius 2 is 1.79 bits per heavy atom. The summed E-state index contributed by atoms with van der Waals surface area (Å²) in [6, 6.07) is 0. The lowest BCUT2D eigenvalue weighted by atomic mass is 9.99. The molecule has 0 aliphatic heterocycles. The van der Waals surface area contributed by atoms with Gasteiger partial charge in [-0.15, -0.1) is 0 Å². The first-order chi connectivity index (χ1) is 9.07. The van der Waals surface area contributed by atoms with Crippen LogP contribution in [-0.2, 0) is 0 Å². The van der Waals surface area contributed by atoms with Gasteiger partial charge < -0.3 is 0 Å². The van der Waals surface area contributed by atoms with Crippen molar-refractivity contribution in [3.05, 3.63) is 83.1 Å². The van der Waals surface area contributed by atoms with Gasteiger partial charge in [0.05, 0.1) is 0 Å². The van der Waals surface area contributed by atoms with E-state index in [4.69, 9.17) is 0 Å². The largest absolute Gasteiger partial charge is 0.0988 e. The predicted octanol–water partition coefficient (Wildman–Crippen LogP) is 5.84. The minimum Gasteiger partial charge on any atom is -0.0988 e. The van der Waals surface area contributed by atoms with Gasteiger partial charge in [0.1, 0.15) is 0 Å². The van der Waals surface area contributed by atoms with E-state index in [0.29, 0.717) is 0 Å². The summed E-state index contributed by atoms with van der Waals surface area (Å²) in [6.07, 6.45) is 13.6. The van der Waals surface area contributed by atoms with E-state index < -0.39 is 0 Å². The molecule has 0 atom stereocenters. The van der Waals surface area contributed by atoms with Crippen molar-refractivity contribution in [3.63, 3.8) is 0 Å². The Morgan fingerprint density at radius 1 is 1.11 bits per heavy atom. The van der Waals surface area contributed by atoms with E-state index in [0.717, 1.165) is 6.42 Å². The monoisotopic (exact) mass is 252 g/mol. The number of allylic oxidation sites excluding steroid dienone is 12. The van der Waals surface area contributed by atoms with E-state index in [2.05, 4.69) is 65.2 Å². The van der Waals surface area contributed by atoms with Gasteiger partial charge in [-0.1, -0.05) is 60.8 Å². The van der Waals surface area contributed by atoms with Crippen LogP contribution in [0, 0.1) is 0 Å². The third-order valence-electron chi connectivity index (χ3n) is 3.48. The minimum absolute atomic E-state index is 0.971. The van der Waals surface area contributed by atoms with Crippen molar-refractivity contribution in [3.8, 4) is 0 Å². The van der Waals surface area contributed by atoms with E-state index in [9.17, 15) is 0 Å². The van der Waals surface area contributed by atoms with Gasteiger partial charge in [-0.2, -0.15) is 0 Å². The van der Waals surface area contributed by atoms with E-state index in [1.807, 2.05) is 12.2 Å². The molecule has 0 aromatic rings. The molecule has 0 heterocycles. The summed E-state index contributed by atoms with van der Waals surface area (Å²) in [5, 5.41) is 0. The van der Waals surface area contributed by atoms with E-state index in [-0.39, 0.29) is 0 Å². The molecule has 1 rings (SSSR count). The minimum atomic E-state index is 0.971. The number of hydrogen-bond acceptors (Lipinski definition) is 0. The van der Waals surface area contributed by atoms with Crippen molar-refractivity contribution in [2.45, 2.75) is 34.1 Å². The highest BCUT2D eigenvalue weighted by Crippen LogP contribution is 2.38. The lowest BCUT2D eigenvalue weighted by Gasteiger charge is -2.06. The summed E-state index contributed by atoms with van der Waals surface area (Å²) in [6.45, 7) is 16.2. The van der Waals surface area contributed by atoms with Crippen molar-refractivity contribution in [2.24, 2.45) is 0 Å². The number of hydrogen-bond donors (Lipinski definition) is 0. The first kappa shape index (κ1) is 15.2. The molecule has 0 aromatic carbocycles. The molecule has 0 nitrogen and oxygen atoms in total. The van der Waals surface area contributed by atoms with Gasteiger partial charge in [0.25, 0.3) is 0 Å². The molecule has 0 fully saturated rings. The molecule has 19 heavy (non-hydrogen) atoms. The van der Waals surface area contributed by atoms with Crippen LogP contribution in [0.15, 0.2) is 83.1 Å². The summed E-state index contributed by atoms with van der Waals surface area (Å²) in [5.74, 6) is 0. The Kier molecular flexibility index (Phi) is 5.57. The van der Waals surface area contributed by atoms with E-state index >= 15 is 0 Å². The Labute approximate surface area is 117 Å². The van der Waals surface area contributed by atoms with Gasteiger partial charge in [-0.05, 0) is 56.4 Å². The maximum Gasteiger partial charge on any atom is -0.00169 e. The molecule has 0 bridgehead atoms. The predicted molar refractivity (Wildman–Crippen MR) is 87.1 cm³/mol. The average Bonchev–Trinajstić information content (AvgIpc) is 2.75. The molecule has 0 aromatic heterocycles. The van der Waals surface area contributed by atoms with Crippen LogP contribution >= 0.6 is 0 Å². The van der Waals surface area contributed by atoms with Crippen molar-refractivity contribution in [1.29, 1.82) is 0 Å². The highest BCUT2D eigenvalue weighted by molar-refractivity contribution is 5.65. The summed E-state index contributed by atoms with van der Waals surface area (Å²) in [5.41, 5.74) is 7.72. The normalized spacial score (nSPS) is 21.5. The first-order valence-electron chi connectivity index (χ1n) is 6.74. The number of rotatable bonds is 4. The molecule has 0 unspecified atom stereocenters. The molecule has 0 N–H and O–H groups in total. The average molecular weight is 252 g/mol. The third kappa shape index (κ3) is 3.57. The standard InChI is InChI=1S/C19H24/c1-7-14(5)11-18-16(9-3)13-17(10-4)19(18)12-15(6)8-2/h7-12H,1,3,13H2,2,4-6H3/b14-11-,15-8-,17-10-,19-12+. The van der Waals surface area contributed by atoms with E-state index in [1.165, 1.54) is 33.4 Å². The van der Waals surface area contributed by atoms with Gasteiger partial charge >= 0.3 is 0 Å². The molecule has 0 saturated heterocycles. The highest BCUT2D eigenvalue weighted by Gasteiger charge is 2.20. The Balaban J connectivity index is 3.44. The van der Waals surface area contributed by atoms with Crippen LogP contribution in [0.4, 0.5) is 0 Å².